The van der Waals surface area contributed by atoms with Crippen LogP contribution in [-0.2, 0) is 0 Å². The monoisotopic (exact) mass is 222 g/mol. The Morgan fingerprint density at radius 2 is 2.27 bits per heavy atom. The van der Waals surface area contributed by atoms with Crippen molar-refractivity contribution in [1.82, 2.24) is 0 Å². The van der Waals surface area contributed by atoms with E-state index in [0.29, 0.717) is 18.3 Å². The van der Waals surface area contributed by atoms with E-state index in [9.17, 15) is 0 Å². The second-order valence-corrected chi connectivity index (χ2v) is 3.74. The van der Waals surface area contributed by atoms with Gasteiger partial charge in [0.25, 0.3) is 0 Å². The standard InChI is InChI=1S/C10H11ClN4/c1-6-2-3-7(4-8(6)11)14-10-13-5-9(12)15-10/h2-4H,5H2,1H3,(H3,12,13,14,15). The Morgan fingerprint density at radius 1 is 1.47 bits per heavy atom. The van der Waals surface area contributed by atoms with Gasteiger partial charge < -0.3 is 11.1 Å². The predicted molar refractivity (Wildman–Crippen MR) is 63.7 cm³/mol. The molecule has 0 fully saturated rings. The first-order valence-electron chi connectivity index (χ1n) is 4.56. The highest BCUT2D eigenvalue weighted by Gasteiger charge is 2.07. The van der Waals surface area contributed by atoms with Crippen LogP contribution in [0.25, 0.3) is 0 Å². The lowest BCUT2D eigenvalue weighted by Crippen LogP contribution is -2.12. The first-order valence-corrected chi connectivity index (χ1v) is 4.93. The van der Waals surface area contributed by atoms with Gasteiger partial charge in [0.2, 0.25) is 5.96 Å². The molecular formula is C10H11ClN4. The van der Waals surface area contributed by atoms with Crippen LogP contribution in [0, 0.1) is 6.92 Å². The van der Waals surface area contributed by atoms with Crippen LogP contribution in [0.3, 0.4) is 0 Å². The van der Waals surface area contributed by atoms with Crippen molar-refractivity contribution in [2.45, 2.75) is 6.92 Å². The van der Waals surface area contributed by atoms with Crippen LogP contribution in [0.2, 0.25) is 5.02 Å². The number of anilines is 1. The summed E-state index contributed by atoms with van der Waals surface area (Å²) in [6.45, 7) is 2.41. The number of amidine groups is 1. The predicted octanol–water partition coefficient (Wildman–Crippen LogP) is 1.79. The molecule has 0 radical (unpaired) electrons. The lowest BCUT2D eigenvalue weighted by molar-refractivity contribution is 1.31. The van der Waals surface area contributed by atoms with Gasteiger partial charge in [-0.3, -0.25) is 0 Å². The van der Waals surface area contributed by atoms with E-state index in [-0.39, 0.29) is 0 Å². The SMILES string of the molecule is Cc1ccc(NC2=NCC(N)=N2)cc1Cl. The molecule has 1 aliphatic rings. The number of hydrogen-bond acceptors (Lipinski definition) is 4. The van der Waals surface area contributed by atoms with E-state index in [1.165, 1.54) is 0 Å². The van der Waals surface area contributed by atoms with Gasteiger partial charge in [-0.2, -0.15) is 4.99 Å². The van der Waals surface area contributed by atoms with Gasteiger partial charge in [-0.05, 0) is 24.6 Å². The number of guanidine groups is 1. The molecule has 3 N–H and O–H groups in total. The summed E-state index contributed by atoms with van der Waals surface area (Å²) in [4.78, 5) is 8.12. The molecule has 78 valence electrons. The summed E-state index contributed by atoms with van der Waals surface area (Å²) in [7, 11) is 0. The van der Waals surface area contributed by atoms with Crippen molar-refractivity contribution in [3.05, 3.63) is 28.8 Å². The van der Waals surface area contributed by atoms with Gasteiger partial charge in [0.05, 0.1) is 0 Å². The van der Waals surface area contributed by atoms with Crippen molar-refractivity contribution in [2.24, 2.45) is 15.7 Å². The number of nitrogens with zero attached hydrogens (tertiary/aromatic N) is 2. The summed E-state index contributed by atoms with van der Waals surface area (Å²) in [5.41, 5.74) is 7.41. The van der Waals surface area contributed by atoms with E-state index in [0.717, 1.165) is 16.3 Å². The fourth-order valence-corrected chi connectivity index (χ4v) is 1.41. The van der Waals surface area contributed by atoms with Gasteiger partial charge in [0.15, 0.2) is 0 Å². The summed E-state index contributed by atoms with van der Waals surface area (Å²) in [6.07, 6.45) is 0. The van der Waals surface area contributed by atoms with Crippen molar-refractivity contribution in [1.29, 1.82) is 0 Å². The van der Waals surface area contributed by atoms with E-state index in [2.05, 4.69) is 15.3 Å². The highest BCUT2D eigenvalue weighted by atomic mass is 35.5. The van der Waals surface area contributed by atoms with Gasteiger partial charge in [-0.15, -0.1) is 0 Å². The highest BCUT2D eigenvalue weighted by Crippen LogP contribution is 2.20. The first-order chi connectivity index (χ1) is 7.15. The summed E-state index contributed by atoms with van der Waals surface area (Å²) in [5.74, 6) is 1.06. The van der Waals surface area contributed by atoms with E-state index < -0.39 is 0 Å². The Morgan fingerprint density at radius 3 is 2.87 bits per heavy atom. The maximum absolute atomic E-state index is 5.99. The van der Waals surface area contributed by atoms with Gasteiger partial charge in [-0.1, -0.05) is 17.7 Å². The minimum absolute atomic E-state index is 0.460. The molecular weight excluding hydrogens is 212 g/mol. The van der Waals surface area contributed by atoms with Crippen LogP contribution < -0.4 is 11.1 Å². The maximum Gasteiger partial charge on any atom is 0.224 e. The van der Waals surface area contributed by atoms with Gasteiger partial charge >= 0.3 is 0 Å². The molecule has 0 saturated carbocycles. The highest BCUT2D eigenvalue weighted by molar-refractivity contribution is 6.31. The van der Waals surface area contributed by atoms with Crippen LogP contribution >= 0.6 is 11.6 Å². The number of aryl methyl sites for hydroxylation is 1. The lowest BCUT2D eigenvalue weighted by Gasteiger charge is -2.05. The zero-order chi connectivity index (χ0) is 10.8. The first kappa shape index (κ1) is 9.98. The molecule has 15 heavy (non-hydrogen) atoms. The Bertz CT molecular complexity index is 451. The van der Waals surface area contributed by atoms with Crippen LogP contribution in [-0.4, -0.2) is 18.3 Å². The summed E-state index contributed by atoms with van der Waals surface area (Å²) in [6, 6.07) is 5.70. The summed E-state index contributed by atoms with van der Waals surface area (Å²) >= 11 is 5.99. The zero-order valence-corrected chi connectivity index (χ0v) is 9.04. The molecule has 0 unspecified atom stereocenters. The normalized spacial score (nSPS) is 14.8. The quantitative estimate of drug-likeness (QED) is 0.761. The summed E-state index contributed by atoms with van der Waals surface area (Å²) < 4.78 is 0. The third-order valence-electron chi connectivity index (χ3n) is 2.07. The minimum atomic E-state index is 0.460. The van der Waals surface area contributed by atoms with Crippen molar-refractivity contribution >= 4 is 29.1 Å². The zero-order valence-electron chi connectivity index (χ0n) is 8.29. The number of nitrogens with one attached hydrogen (secondary N) is 1. The van der Waals surface area contributed by atoms with E-state index in [1.54, 1.807) is 0 Å². The van der Waals surface area contributed by atoms with Gasteiger partial charge in [0, 0.05) is 10.7 Å². The van der Waals surface area contributed by atoms with Crippen molar-refractivity contribution in [2.75, 3.05) is 11.9 Å². The molecule has 0 bridgehead atoms. The molecule has 1 aromatic carbocycles. The molecule has 0 amide bonds. The number of aliphatic imine (C=N–C) groups is 2. The molecule has 2 rings (SSSR count). The van der Waals surface area contributed by atoms with Crippen LogP contribution in [0.1, 0.15) is 5.56 Å². The number of nitrogens with two attached hydrogens (primary N) is 1. The van der Waals surface area contributed by atoms with E-state index in [4.69, 9.17) is 17.3 Å². The second kappa shape index (κ2) is 3.90. The Labute approximate surface area is 92.9 Å². The largest absolute Gasteiger partial charge is 0.385 e. The molecule has 1 aliphatic heterocycles. The number of halogens is 1. The Balaban J connectivity index is 2.15. The average molecular weight is 223 g/mol. The third kappa shape index (κ3) is 2.27. The molecule has 5 heteroatoms. The van der Waals surface area contributed by atoms with E-state index in [1.807, 2.05) is 25.1 Å². The molecule has 1 aromatic rings. The molecule has 1 heterocycles. The fourth-order valence-electron chi connectivity index (χ4n) is 1.23. The van der Waals surface area contributed by atoms with Crippen molar-refractivity contribution in [3.63, 3.8) is 0 Å². The van der Waals surface area contributed by atoms with Gasteiger partial charge in [-0.25, -0.2) is 4.99 Å². The van der Waals surface area contributed by atoms with Crippen LogP contribution in [0.15, 0.2) is 28.2 Å². The molecule has 0 saturated heterocycles. The molecule has 0 aromatic heterocycles. The van der Waals surface area contributed by atoms with Crippen LogP contribution in [0.4, 0.5) is 5.69 Å². The topological polar surface area (TPSA) is 62.8 Å². The van der Waals surface area contributed by atoms with E-state index >= 15 is 0 Å². The Hall–Kier alpha value is -1.55. The second-order valence-electron chi connectivity index (χ2n) is 3.33. The van der Waals surface area contributed by atoms with Crippen LogP contribution in [0.5, 0.6) is 0 Å². The maximum atomic E-state index is 5.99. The molecule has 0 aliphatic carbocycles. The molecule has 0 atom stereocenters. The third-order valence-corrected chi connectivity index (χ3v) is 2.48. The fraction of sp³-hybridized carbons (Fsp3) is 0.200. The molecule has 4 nitrogen and oxygen atoms in total. The van der Waals surface area contributed by atoms with Crippen molar-refractivity contribution in [3.8, 4) is 0 Å². The van der Waals surface area contributed by atoms with Crippen molar-refractivity contribution < 1.29 is 0 Å². The number of rotatable bonds is 1. The van der Waals surface area contributed by atoms with Gasteiger partial charge in [0.1, 0.15) is 12.4 Å². The smallest absolute Gasteiger partial charge is 0.224 e. The minimum Gasteiger partial charge on any atom is -0.385 e. The Kier molecular flexibility index (Phi) is 2.60. The number of hydrogen-bond donors (Lipinski definition) is 2. The number of benzene rings is 1. The average Bonchev–Trinajstić information content (AvgIpc) is 2.58. The lowest BCUT2D eigenvalue weighted by atomic mass is 10.2. The summed E-state index contributed by atoms with van der Waals surface area (Å²) in [5, 5.41) is 3.76. The molecule has 0 spiro atoms.